The quantitative estimate of drug-likeness (QED) is 0.734. The van der Waals surface area contributed by atoms with Crippen LogP contribution in [0.3, 0.4) is 0 Å². The molecule has 5 heteroatoms. The van der Waals surface area contributed by atoms with E-state index in [1.54, 1.807) is 6.07 Å². The molecular formula is C14H9Br2ClN2. The van der Waals surface area contributed by atoms with E-state index in [1.165, 1.54) is 0 Å². The Hall–Kier alpha value is -1.02. The third-order valence-electron chi connectivity index (χ3n) is 2.54. The second-order valence-electron chi connectivity index (χ2n) is 3.88. The van der Waals surface area contributed by atoms with E-state index in [0.29, 0.717) is 5.02 Å². The average Bonchev–Trinajstić information content (AvgIpc) is 2.37. The van der Waals surface area contributed by atoms with E-state index >= 15 is 0 Å². The monoisotopic (exact) mass is 398 g/mol. The van der Waals surface area contributed by atoms with Crippen molar-refractivity contribution in [1.29, 1.82) is 5.26 Å². The van der Waals surface area contributed by atoms with E-state index in [4.69, 9.17) is 11.6 Å². The molecular weight excluding hydrogens is 391 g/mol. The maximum absolute atomic E-state index is 9.31. The lowest BCUT2D eigenvalue weighted by Crippen LogP contribution is -2.09. The van der Waals surface area contributed by atoms with Gasteiger partial charge in [-0.2, -0.15) is 5.26 Å². The topological polar surface area (TPSA) is 35.8 Å². The Bertz CT molecular complexity index is 638. The second kappa shape index (κ2) is 6.42. The zero-order chi connectivity index (χ0) is 13.8. The summed E-state index contributed by atoms with van der Waals surface area (Å²) in [5.41, 5.74) is 1.62. The number of hydrogen-bond acceptors (Lipinski definition) is 2. The smallest absolute Gasteiger partial charge is 0.141 e. The Balaban J connectivity index is 2.28. The Morgan fingerprint density at radius 2 is 1.84 bits per heavy atom. The minimum Gasteiger partial charge on any atom is -0.366 e. The van der Waals surface area contributed by atoms with Crippen molar-refractivity contribution in [1.82, 2.24) is 0 Å². The molecule has 0 amide bonds. The molecule has 19 heavy (non-hydrogen) atoms. The largest absolute Gasteiger partial charge is 0.366 e. The molecule has 2 rings (SSSR count). The SMILES string of the molecule is N#CC(Nc1cccc(Br)c1)c1ccc(Br)cc1Cl. The van der Waals surface area contributed by atoms with E-state index < -0.39 is 6.04 Å². The maximum atomic E-state index is 9.31. The number of nitriles is 1. The number of rotatable bonds is 3. The van der Waals surface area contributed by atoms with Gasteiger partial charge in [-0.25, -0.2) is 0 Å². The van der Waals surface area contributed by atoms with E-state index in [2.05, 4.69) is 43.2 Å². The molecule has 1 N–H and O–H groups in total. The van der Waals surface area contributed by atoms with Gasteiger partial charge < -0.3 is 5.32 Å². The van der Waals surface area contributed by atoms with Gasteiger partial charge in [-0.3, -0.25) is 0 Å². The molecule has 2 aromatic rings. The van der Waals surface area contributed by atoms with Crippen molar-refractivity contribution in [3.8, 4) is 6.07 Å². The minimum atomic E-state index is -0.491. The van der Waals surface area contributed by atoms with Gasteiger partial charge in [0.2, 0.25) is 0 Å². The zero-order valence-electron chi connectivity index (χ0n) is 9.70. The summed E-state index contributed by atoms with van der Waals surface area (Å²) in [7, 11) is 0. The summed E-state index contributed by atoms with van der Waals surface area (Å²) in [6.45, 7) is 0. The van der Waals surface area contributed by atoms with Crippen LogP contribution in [0.4, 0.5) is 5.69 Å². The lowest BCUT2D eigenvalue weighted by molar-refractivity contribution is 0.997. The first-order chi connectivity index (χ1) is 9.10. The fraction of sp³-hybridized carbons (Fsp3) is 0.0714. The molecule has 0 spiro atoms. The standard InChI is InChI=1S/C14H9Br2ClN2/c15-9-2-1-3-11(6-9)19-14(8-18)12-5-4-10(16)7-13(12)17/h1-7,14,19H. The van der Waals surface area contributed by atoms with E-state index in [-0.39, 0.29) is 0 Å². The molecule has 1 unspecified atom stereocenters. The van der Waals surface area contributed by atoms with Crippen molar-refractivity contribution in [3.63, 3.8) is 0 Å². The molecule has 0 aliphatic carbocycles. The van der Waals surface area contributed by atoms with Crippen LogP contribution < -0.4 is 5.32 Å². The Morgan fingerprint density at radius 1 is 1.11 bits per heavy atom. The van der Waals surface area contributed by atoms with Crippen LogP contribution in [-0.4, -0.2) is 0 Å². The van der Waals surface area contributed by atoms with Crippen LogP contribution in [0, 0.1) is 11.3 Å². The van der Waals surface area contributed by atoms with Crippen LogP contribution in [0.5, 0.6) is 0 Å². The van der Waals surface area contributed by atoms with Gasteiger partial charge in [-0.05, 0) is 30.3 Å². The van der Waals surface area contributed by atoms with Gasteiger partial charge >= 0.3 is 0 Å². The summed E-state index contributed by atoms with van der Waals surface area (Å²) in [4.78, 5) is 0. The highest BCUT2D eigenvalue weighted by molar-refractivity contribution is 9.10. The van der Waals surface area contributed by atoms with Gasteiger partial charge in [0.1, 0.15) is 6.04 Å². The van der Waals surface area contributed by atoms with Crippen LogP contribution in [0.2, 0.25) is 5.02 Å². The van der Waals surface area contributed by atoms with Gasteiger partial charge in [0, 0.05) is 25.2 Å². The van der Waals surface area contributed by atoms with Crippen LogP contribution >= 0.6 is 43.5 Å². The normalized spacial score (nSPS) is 11.7. The van der Waals surface area contributed by atoms with Crippen LogP contribution in [0.15, 0.2) is 51.4 Å². The molecule has 0 aliphatic rings. The highest BCUT2D eigenvalue weighted by atomic mass is 79.9. The molecule has 0 saturated carbocycles. The second-order valence-corrected chi connectivity index (χ2v) is 6.12. The molecule has 1 atom stereocenters. The molecule has 0 aromatic heterocycles. The zero-order valence-corrected chi connectivity index (χ0v) is 13.6. The van der Waals surface area contributed by atoms with Gasteiger partial charge in [0.05, 0.1) is 6.07 Å². The number of halogens is 3. The molecule has 96 valence electrons. The fourth-order valence-corrected chi connectivity index (χ4v) is 2.84. The number of nitrogens with one attached hydrogen (secondary N) is 1. The number of nitrogens with zero attached hydrogens (tertiary/aromatic N) is 1. The predicted octanol–water partition coefficient (Wildman–Crippen LogP) is 5.54. The molecule has 0 heterocycles. The average molecular weight is 401 g/mol. The first kappa shape index (κ1) is 14.4. The molecule has 0 fully saturated rings. The van der Waals surface area contributed by atoms with E-state index in [9.17, 15) is 5.26 Å². The molecule has 0 bridgehead atoms. The fourth-order valence-electron chi connectivity index (χ4n) is 1.66. The van der Waals surface area contributed by atoms with Gasteiger partial charge in [0.15, 0.2) is 0 Å². The van der Waals surface area contributed by atoms with Crippen LogP contribution in [0.25, 0.3) is 0 Å². The highest BCUT2D eigenvalue weighted by Gasteiger charge is 2.14. The third-order valence-corrected chi connectivity index (χ3v) is 3.85. The number of anilines is 1. The van der Waals surface area contributed by atoms with Crippen molar-refractivity contribution in [2.24, 2.45) is 0 Å². The predicted molar refractivity (Wildman–Crippen MR) is 85.3 cm³/mol. The van der Waals surface area contributed by atoms with Crippen molar-refractivity contribution in [3.05, 3.63) is 62.0 Å². The first-order valence-electron chi connectivity index (χ1n) is 5.47. The molecule has 0 radical (unpaired) electrons. The van der Waals surface area contributed by atoms with Crippen molar-refractivity contribution in [2.75, 3.05) is 5.32 Å². The summed E-state index contributed by atoms with van der Waals surface area (Å²) >= 11 is 12.9. The highest BCUT2D eigenvalue weighted by Crippen LogP contribution is 2.29. The molecule has 0 aliphatic heterocycles. The molecule has 0 saturated heterocycles. The summed E-state index contributed by atoms with van der Waals surface area (Å²) < 4.78 is 1.84. The Kier molecular flexibility index (Phi) is 4.87. The number of hydrogen-bond donors (Lipinski definition) is 1. The summed E-state index contributed by atoms with van der Waals surface area (Å²) in [6.07, 6.45) is 0. The van der Waals surface area contributed by atoms with Gasteiger partial charge in [-0.1, -0.05) is 55.6 Å². The van der Waals surface area contributed by atoms with Crippen molar-refractivity contribution in [2.45, 2.75) is 6.04 Å². The molecule has 2 aromatic carbocycles. The van der Waals surface area contributed by atoms with Crippen molar-refractivity contribution < 1.29 is 0 Å². The van der Waals surface area contributed by atoms with Crippen LogP contribution in [-0.2, 0) is 0 Å². The summed E-state index contributed by atoms with van der Waals surface area (Å²) in [5.74, 6) is 0. The Labute approximate surface area is 133 Å². The van der Waals surface area contributed by atoms with Crippen LogP contribution in [0.1, 0.15) is 11.6 Å². The van der Waals surface area contributed by atoms with Gasteiger partial charge in [0.25, 0.3) is 0 Å². The van der Waals surface area contributed by atoms with E-state index in [0.717, 1.165) is 20.2 Å². The first-order valence-corrected chi connectivity index (χ1v) is 7.43. The lowest BCUT2D eigenvalue weighted by Gasteiger charge is -2.15. The third kappa shape index (κ3) is 3.73. The van der Waals surface area contributed by atoms with Crippen molar-refractivity contribution >= 4 is 49.1 Å². The van der Waals surface area contributed by atoms with E-state index in [1.807, 2.05) is 36.4 Å². The summed E-state index contributed by atoms with van der Waals surface area (Å²) in [5, 5.41) is 13.0. The minimum absolute atomic E-state index is 0.491. The van der Waals surface area contributed by atoms with Gasteiger partial charge in [-0.15, -0.1) is 0 Å². The summed E-state index contributed by atoms with van der Waals surface area (Å²) in [6, 6.07) is 14.9. The maximum Gasteiger partial charge on any atom is 0.141 e. The lowest BCUT2D eigenvalue weighted by atomic mass is 10.1. The number of benzene rings is 2. The Morgan fingerprint density at radius 3 is 2.47 bits per heavy atom. The molecule has 2 nitrogen and oxygen atoms in total.